The predicted octanol–water partition coefficient (Wildman–Crippen LogP) is 3.35. The molecule has 0 bridgehead atoms. The van der Waals surface area contributed by atoms with Gasteiger partial charge in [0.1, 0.15) is 11.2 Å². The van der Waals surface area contributed by atoms with Gasteiger partial charge in [-0.2, -0.15) is 0 Å². The minimum Gasteiger partial charge on any atom is -0.465 e. The lowest BCUT2D eigenvalue weighted by atomic mass is 10.2. The molecule has 2 aliphatic heterocycles. The van der Waals surface area contributed by atoms with Crippen LogP contribution in [0.2, 0.25) is 0 Å². The van der Waals surface area contributed by atoms with Crippen molar-refractivity contribution in [2.75, 3.05) is 19.0 Å². The molecule has 2 unspecified atom stereocenters. The quantitative estimate of drug-likeness (QED) is 0.838. The molecule has 3 rings (SSSR count). The number of rotatable bonds is 3. The zero-order chi connectivity index (χ0) is 12.2. The van der Waals surface area contributed by atoms with E-state index in [-0.39, 0.29) is 11.7 Å². The summed E-state index contributed by atoms with van der Waals surface area (Å²) in [5.41, 5.74) is 1.42. The molecule has 2 fully saturated rings. The molecule has 0 aromatic heterocycles. The summed E-state index contributed by atoms with van der Waals surface area (Å²) in [5.74, 6) is 1.97. The normalized spacial score (nSPS) is 28.2. The van der Waals surface area contributed by atoms with Crippen LogP contribution in [0.1, 0.15) is 30.3 Å². The van der Waals surface area contributed by atoms with Gasteiger partial charge in [0.05, 0.1) is 13.2 Å². The van der Waals surface area contributed by atoms with Gasteiger partial charge in [0.15, 0.2) is 6.29 Å². The van der Waals surface area contributed by atoms with Gasteiger partial charge in [0.2, 0.25) is 0 Å². The van der Waals surface area contributed by atoms with Crippen LogP contribution in [0.5, 0.6) is 5.75 Å². The van der Waals surface area contributed by atoms with Gasteiger partial charge >= 0.3 is 0 Å². The first-order chi connectivity index (χ1) is 8.92. The predicted molar refractivity (Wildman–Crippen MR) is 71.8 cm³/mol. The molecule has 98 valence electrons. The first-order valence-electron chi connectivity index (χ1n) is 6.53. The number of ether oxygens (including phenoxy) is 3. The average molecular weight is 266 g/mol. The molecular weight excluding hydrogens is 248 g/mol. The Balaban J connectivity index is 1.59. The highest BCUT2D eigenvalue weighted by Crippen LogP contribution is 2.35. The van der Waals surface area contributed by atoms with E-state index in [4.69, 9.17) is 14.2 Å². The van der Waals surface area contributed by atoms with Crippen LogP contribution in [0.3, 0.4) is 0 Å². The molecule has 2 atom stereocenters. The van der Waals surface area contributed by atoms with Gasteiger partial charge in [-0.05, 0) is 30.5 Å². The van der Waals surface area contributed by atoms with Crippen LogP contribution in [0.4, 0.5) is 0 Å². The van der Waals surface area contributed by atoms with Crippen molar-refractivity contribution in [1.82, 2.24) is 0 Å². The monoisotopic (exact) mass is 266 g/mol. The maximum absolute atomic E-state index is 5.80. The van der Waals surface area contributed by atoms with E-state index in [1.54, 1.807) is 0 Å². The molecule has 2 heterocycles. The minimum absolute atomic E-state index is 0.0679. The highest BCUT2D eigenvalue weighted by Gasteiger charge is 2.19. The van der Waals surface area contributed by atoms with Gasteiger partial charge < -0.3 is 14.2 Å². The van der Waals surface area contributed by atoms with Gasteiger partial charge in [0, 0.05) is 12.2 Å². The summed E-state index contributed by atoms with van der Waals surface area (Å²) in [6.07, 6.45) is 3.26. The zero-order valence-electron chi connectivity index (χ0n) is 10.3. The summed E-state index contributed by atoms with van der Waals surface area (Å²) in [7, 11) is 0. The highest BCUT2D eigenvalue weighted by atomic mass is 32.2. The Morgan fingerprint density at radius 2 is 1.94 bits per heavy atom. The fraction of sp³-hybridized carbons (Fsp3) is 0.571. The molecule has 3 nitrogen and oxygen atoms in total. The van der Waals surface area contributed by atoms with Crippen molar-refractivity contribution in [3.05, 3.63) is 29.8 Å². The topological polar surface area (TPSA) is 27.7 Å². The van der Waals surface area contributed by atoms with Crippen molar-refractivity contribution in [2.24, 2.45) is 0 Å². The Morgan fingerprint density at radius 1 is 1.06 bits per heavy atom. The number of hydrogen-bond acceptors (Lipinski definition) is 4. The smallest absolute Gasteiger partial charge is 0.199 e. The lowest BCUT2D eigenvalue weighted by Gasteiger charge is -2.23. The van der Waals surface area contributed by atoms with Gasteiger partial charge in [-0.3, -0.25) is 0 Å². The van der Waals surface area contributed by atoms with Crippen LogP contribution in [-0.2, 0) is 9.47 Å². The summed E-state index contributed by atoms with van der Waals surface area (Å²) in [6.45, 7) is 1.67. The molecule has 1 aromatic rings. The van der Waals surface area contributed by atoms with Crippen molar-refractivity contribution in [2.45, 2.75) is 31.0 Å². The summed E-state index contributed by atoms with van der Waals surface area (Å²) < 4.78 is 17.0. The van der Waals surface area contributed by atoms with Crippen molar-refractivity contribution in [3.63, 3.8) is 0 Å². The van der Waals surface area contributed by atoms with Crippen molar-refractivity contribution < 1.29 is 14.2 Å². The van der Waals surface area contributed by atoms with Crippen LogP contribution in [0, 0.1) is 0 Å². The molecule has 0 radical (unpaired) electrons. The summed E-state index contributed by atoms with van der Waals surface area (Å²) in [6, 6.07) is 8.19. The summed E-state index contributed by atoms with van der Waals surface area (Å²) >= 11 is 1.85. The standard InChI is InChI=1S/C14H18O3S/c1-2-8-15-13(3-1)17-12-6-4-11(5-7-12)14-16-9-10-18-14/h4-7,13-14H,1-3,8-10H2. The Bertz CT molecular complexity index is 367. The first kappa shape index (κ1) is 12.3. The molecular formula is C14H18O3S. The third-order valence-corrected chi connectivity index (χ3v) is 4.29. The van der Waals surface area contributed by atoms with Crippen molar-refractivity contribution in [1.29, 1.82) is 0 Å². The molecule has 2 saturated heterocycles. The van der Waals surface area contributed by atoms with Crippen LogP contribution >= 0.6 is 11.8 Å². The molecule has 1 aromatic carbocycles. The fourth-order valence-corrected chi connectivity index (χ4v) is 3.16. The number of benzene rings is 1. The Kier molecular flexibility index (Phi) is 4.08. The fourth-order valence-electron chi connectivity index (χ4n) is 2.21. The molecule has 0 aliphatic carbocycles. The Morgan fingerprint density at radius 3 is 2.61 bits per heavy atom. The second kappa shape index (κ2) is 5.95. The van der Waals surface area contributed by atoms with E-state index in [1.807, 2.05) is 23.9 Å². The van der Waals surface area contributed by atoms with E-state index in [1.165, 1.54) is 12.0 Å². The lowest BCUT2D eigenvalue weighted by Crippen LogP contribution is -2.24. The van der Waals surface area contributed by atoms with Crippen molar-refractivity contribution in [3.8, 4) is 5.75 Å². The minimum atomic E-state index is -0.0679. The third-order valence-electron chi connectivity index (χ3n) is 3.18. The van der Waals surface area contributed by atoms with E-state index in [9.17, 15) is 0 Å². The molecule has 2 aliphatic rings. The van der Waals surface area contributed by atoms with Gasteiger partial charge in [0.25, 0.3) is 0 Å². The van der Waals surface area contributed by atoms with Crippen LogP contribution in [0.25, 0.3) is 0 Å². The van der Waals surface area contributed by atoms with E-state index in [0.29, 0.717) is 0 Å². The maximum Gasteiger partial charge on any atom is 0.199 e. The average Bonchev–Trinajstić information content (AvgIpc) is 2.95. The van der Waals surface area contributed by atoms with Gasteiger partial charge in [-0.1, -0.05) is 12.1 Å². The van der Waals surface area contributed by atoms with E-state index in [2.05, 4.69) is 12.1 Å². The first-order valence-corrected chi connectivity index (χ1v) is 7.58. The van der Waals surface area contributed by atoms with Crippen LogP contribution < -0.4 is 4.74 Å². The Labute approximate surface area is 112 Å². The van der Waals surface area contributed by atoms with E-state index >= 15 is 0 Å². The largest absolute Gasteiger partial charge is 0.465 e. The molecule has 0 amide bonds. The molecule has 4 heteroatoms. The highest BCUT2D eigenvalue weighted by molar-refractivity contribution is 7.99. The van der Waals surface area contributed by atoms with E-state index in [0.717, 1.165) is 37.6 Å². The van der Waals surface area contributed by atoms with Gasteiger partial charge in [-0.15, -0.1) is 11.8 Å². The molecule has 18 heavy (non-hydrogen) atoms. The lowest BCUT2D eigenvalue weighted by molar-refractivity contribution is -0.105. The Hall–Kier alpha value is -0.710. The number of thioether (sulfide) groups is 1. The molecule has 0 N–H and O–H groups in total. The van der Waals surface area contributed by atoms with Crippen LogP contribution in [-0.4, -0.2) is 25.3 Å². The second-order valence-corrected chi connectivity index (χ2v) is 5.73. The van der Waals surface area contributed by atoms with Crippen LogP contribution in [0.15, 0.2) is 24.3 Å². The zero-order valence-corrected chi connectivity index (χ0v) is 11.2. The second-order valence-electron chi connectivity index (χ2n) is 4.56. The SMILES string of the molecule is c1cc(C2OCCS2)ccc1OC1CCCCO1. The molecule has 0 spiro atoms. The maximum atomic E-state index is 5.80. The van der Waals surface area contributed by atoms with E-state index < -0.39 is 0 Å². The van der Waals surface area contributed by atoms with Gasteiger partial charge in [-0.25, -0.2) is 0 Å². The summed E-state index contributed by atoms with van der Waals surface area (Å²) in [5, 5.41) is 0. The summed E-state index contributed by atoms with van der Waals surface area (Å²) in [4.78, 5) is 0. The molecule has 0 saturated carbocycles. The number of hydrogen-bond donors (Lipinski definition) is 0. The third kappa shape index (κ3) is 2.99. The van der Waals surface area contributed by atoms with Crippen molar-refractivity contribution >= 4 is 11.8 Å².